The van der Waals surface area contributed by atoms with Crippen molar-refractivity contribution in [1.82, 2.24) is 14.8 Å². The Morgan fingerprint density at radius 1 is 1.17 bits per heavy atom. The molecule has 0 aliphatic carbocycles. The molecule has 158 valence electrons. The summed E-state index contributed by atoms with van der Waals surface area (Å²) < 4.78 is 21.1. The van der Waals surface area contributed by atoms with Crippen LogP contribution in [0.15, 0.2) is 48.5 Å². The van der Waals surface area contributed by atoms with E-state index < -0.39 is 0 Å². The summed E-state index contributed by atoms with van der Waals surface area (Å²) in [6, 6.07) is 13.6. The summed E-state index contributed by atoms with van der Waals surface area (Å²) in [7, 11) is 0. The quantitative estimate of drug-likeness (QED) is 0.604. The molecule has 0 saturated carbocycles. The van der Waals surface area contributed by atoms with Gasteiger partial charge in [-0.3, -0.25) is 4.79 Å². The number of anilines is 1. The Morgan fingerprint density at radius 2 is 1.90 bits per heavy atom. The Balaban J connectivity index is 1.98. The van der Waals surface area contributed by atoms with E-state index in [-0.39, 0.29) is 29.3 Å². The van der Waals surface area contributed by atoms with E-state index in [1.165, 1.54) is 12.1 Å². The number of hydrogen-bond acceptors (Lipinski definition) is 4. The van der Waals surface area contributed by atoms with Gasteiger partial charge in [0, 0.05) is 17.7 Å². The highest BCUT2D eigenvalue weighted by atomic mass is 19.1. The third-order valence-electron chi connectivity index (χ3n) is 4.08. The number of nitrogens with zero attached hydrogens (tertiary/aromatic N) is 3. The van der Waals surface area contributed by atoms with Gasteiger partial charge in [-0.05, 0) is 49.6 Å². The average molecular weight is 410 g/mol. The minimum atomic E-state index is -0.364. The van der Waals surface area contributed by atoms with E-state index in [1.54, 1.807) is 22.9 Å². The minimum absolute atomic E-state index is 0.0626. The van der Waals surface area contributed by atoms with Crippen molar-refractivity contribution < 1.29 is 13.9 Å². The number of ether oxygens (including phenoxy) is 1. The molecule has 0 aliphatic heterocycles. The fraction of sp³-hybridized carbons (Fsp3) is 0.348. The van der Waals surface area contributed by atoms with Crippen LogP contribution in [0.25, 0.3) is 17.1 Å². The second-order valence-corrected chi connectivity index (χ2v) is 8.64. The second kappa shape index (κ2) is 8.65. The minimum Gasteiger partial charge on any atom is -0.460 e. The van der Waals surface area contributed by atoms with Gasteiger partial charge in [0.05, 0.1) is 11.8 Å². The van der Waals surface area contributed by atoms with Gasteiger partial charge in [0.2, 0.25) is 5.91 Å². The summed E-state index contributed by atoms with van der Waals surface area (Å²) in [6.07, 6.45) is 0.297. The molecule has 0 atom stereocenters. The van der Waals surface area contributed by atoms with Gasteiger partial charge in [0.15, 0.2) is 5.82 Å². The lowest BCUT2D eigenvalue weighted by molar-refractivity contribution is -0.117. The fourth-order valence-electron chi connectivity index (χ4n) is 2.95. The molecule has 1 N–H and O–H groups in total. The number of rotatable bonds is 6. The molecule has 0 unspecified atom stereocenters. The van der Waals surface area contributed by atoms with E-state index in [2.05, 4.69) is 15.4 Å². The third kappa shape index (κ3) is 5.65. The Labute approximate surface area is 176 Å². The molecule has 0 saturated heterocycles. The summed E-state index contributed by atoms with van der Waals surface area (Å²) in [5.74, 6) is 0.0207. The van der Waals surface area contributed by atoms with Gasteiger partial charge in [-0.15, -0.1) is 5.10 Å². The molecular formula is C23H27FN4O2. The van der Waals surface area contributed by atoms with Gasteiger partial charge in [0.25, 0.3) is 0 Å². The predicted molar refractivity (Wildman–Crippen MR) is 115 cm³/mol. The molecule has 1 heterocycles. The van der Waals surface area contributed by atoms with E-state index in [9.17, 15) is 9.18 Å². The third-order valence-corrected chi connectivity index (χ3v) is 4.08. The van der Waals surface area contributed by atoms with Crippen molar-refractivity contribution >= 4 is 11.6 Å². The van der Waals surface area contributed by atoms with Crippen molar-refractivity contribution in [3.63, 3.8) is 0 Å². The Morgan fingerprint density at radius 3 is 2.57 bits per heavy atom. The Kier molecular flexibility index (Phi) is 6.20. The highest BCUT2D eigenvalue weighted by Crippen LogP contribution is 2.26. The Hall–Kier alpha value is -3.22. The molecule has 6 nitrogen and oxygen atoms in total. The molecular weight excluding hydrogens is 383 g/mol. The summed E-state index contributed by atoms with van der Waals surface area (Å²) in [6.45, 7) is 9.81. The number of nitrogens with one attached hydrogen (secondary N) is 1. The first-order chi connectivity index (χ1) is 14.1. The number of hydrogen-bond donors (Lipinski definition) is 1. The number of benzene rings is 2. The smallest absolute Gasteiger partial charge is 0.336 e. The van der Waals surface area contributed by atoms with Crippen molar-refractivity contribution in [3.05, 3.63) is 54.3 Å². The van der Waals surface area contributed by atoms with Gasteiger partial charge < -0.3 is 10.1 Å². The highest BCUT2D eigenvalue weighted by Gasteiger charge is 2.18. The van der Waals surface area contributed by atoms with Crippen LogP contribution < -0.4 is 10.1 Å². The van der Waals surface area contributed by atoms with Crippen LogP contribution in [-0.2, 0) is 4.79 Å². The molecule has 1 aromatic heterocycles. The summed E-state index contributed by atoms with van der Waals surface area (Å²) >= 11 is 0. The zero-order valence-corrected chi connectivity index (χ0v) is 17.9. The van der Waals surface area contributed by atoms with E-state index in [1.807, 2.05) is 52.8 Å². The lowest BCUT2D eigenvalue weighted by Gasteiger charge is -2.17. The van der Waals surface area contributed by atoms with Gasteiger partial charge in [0.1, 0.15) is 5.82 Å². The second-order valence-electron chi connectivity index (χ2n) is 8.64. The monoisotopic (exact) mass is 410 g/mol. The van der Waals surface area contributed by atoms with Crippen molar-refractivity contribution in [1.29, 1.82) is 0 Å². The van der Waals surface area contributed by atoms with Crippen LogP contribution in [0.1, 0.15) is 41.0 Å². The van der Waals surface area contributed by atoms with E-state index in [4.69, 9.17) is 4.74 Å². The van der Waals surface area contributed by atoms with Crippen molar-refractivity contribution in [2.24, 2.45) is 5.41 Å². The van der Waals surface area contributed by atoms with E-state index >= 15 is 0 Å². The molecule has 0 fully saturated rings. The van der Waals surface area contributed by atoms with Crippen molar-refractivity contribution in [2.75, 3.05) is 5.32 Å². The van der Waals surface area contributed by atoms with Gasteiger partial charge in [-0.1, -0.05) is 39.0 Å². The molecule has 7 heteroatoms. The molecule has 0 bridgehead atoms. The van der Waals surface area contributed by atoms with Crippen LogP contribution in [0.4, 0.5) is 10.1 Å². The summed E-state index contributed by atoms with van der Waals surface area (Å²) in [5, 5.41) is 7.38. The molecule has 0 radical (unpaired) electrons. The highest BCUT2D eigenvalue weighted by molar-refractivity contribution is 5.91. The zero-order valence-electron chi connectivity index (χ0n) is 17.9. The van der Waals surface area contributed by atoms with E-state index in [0.29, 0.717) is 29.2 Å². The van der Waals surface area contributed by atoms with Crippen LogP contribution in [0.3, 0.4) is 0 Å². The normalized spacial score (nSPS) is 11.6. The molecule has 3 aromatic rings. The number of carbonyl (C=O) groups is 1. The summed E-state index contributed by atoms with van der Waals surface area (Å²) in [5.41, 5.74) is 1.78. The van der Waals surface area contributed by atoms with E-state index in [0.717, 1.165) is 0 Å². The van der Waals surface area contributed by atoms with Crippen molar-refractivity contribution in [3.8, 4) is 23.1 Å². The summed E-state index contributed by atoms with van der Waals surface area (Å²) in [4.78, 5) is 16.8. The average Bonchev–Trinajstić information content (AvgIpc) is 3.03. The van der Waals surface area contributed by atoms with Crippen molar-refractivity contribution in [2.45, 2.75) is 47.1 Å². The number of amides is 1. The van der Waals surface area contributed by atoms with Gasteiger partial charge in [-0.25, -0.2) is 9.07 Å². The number of aromatic nitrogens is 3. The first-order valence-corrected chi connectivity index (χ1v) is 9.91. The molecule has 2 aromatic carbocycles. The maximum Gasteiger partial charge on any atom is 0.336 e. The topological polar surface area (TPSA) is 69.0 Å². The molecule has 3 rings (SSSR count). The predicted octanol–water partition coefficient (Wildman–Crippen LogP) is 5.24. The maximum atomic E-state index is 13.8. The zero-order chi connectivity index (χ0) is 21.9. The molecule has 0 aliphatic rings. The van der Waals surface area contributed by atoms with Crippen LogP contribution in [0, 0.1) is 11.2 Å². The van der Waals surface area contributed by atoms with Crippen LogP contribution >= 0.6 is 0 Å². The lowest BCUT2D eigenvalue weighted by Crippen LogP contribution is -2.19. The van der Waals surface area contributed by atoms with Crippen LogP contribution in [0.2, 0.25) is 0 Å². The fourth-order valence-corrected chi connectivity index (χ4v) is 2.95. The first-order valence-electron chi connectivity index (χ1n) is 9.91. The maximum absolute atomic E-state index is 13.8. The SMILES string of the molecule is CC(C)Oc1nc(-c2cccc(F)c2)n(-c2cccc(NC(=O)CC(C)(C)C)c2)n1. The largest absolute Gasteiger partial charge is 0.460 e. The Bertz CT molecular complexity index is 1040. The molecule has 1 amide bonds. The molecule has 30 heavy (non-hydrogen) atoms. The number of halogens is 1. The lowest BCUT2D eigenvalue weighted by atomic mass is 9.92. The number of carbonyl (C=O) groups excluding carboxylic acids is 1. The van der Waals surface area contributed by atoms with Gasteiger partial charge >= 0.3 is 6.01 Å². The van der Waals surface area contributed by atoms with Crippen LogP contribution in [-0.4, -0.2) is 26.8 Å². The molecule has 0 spiro atoms. The van der Waals surface area contributed by atoms with Gasteiger partial charge in [-0.2, -0.15) is 4.98 Å². The standard InChI is InChI=1S/C23H27FN4O2/c1-15(2)30-22-26-21(16-8-6-9-17(24)12-16)28(27-22)19-11-7-10-18(13-19)25-20(29)14-23(3,4)5/h6-13,15H,14H2,1-5H3,(H,25,29). The van der Waals surface area contributed by atoms with Crippen LogP contribution in [0.5, 0.6) is 6.01 Å². The first kappa shape index (κ1) is 21.5.